The number of hydrogen-bond donors (Lipinski definition) is 2. The van der Waals surface area contributed by atoms with E-state index in [2.05, 4.69) is 15.3 Å². The number of nitrogens with zero attached hydrogens (tertiary/aromatic N) is 2. The highest BCUT2D eigenvalue weighted by atomic mass is 35.5. The van der Waals surface area contributed by atoms with Crippen LogP contribution in [0.5, 0.6) is 0 Å². The van der Waals surface area contributed by atoms with Crippen molar-refractivity contribution in [2.75, 3.05) is 36.5 Å². The van der Waals surface area contributed by atoms with Crippen LogP contribution >= 0.6 is 11.6 Å². The van der Waals surface area contributed by atoms with E-state index < -0.39 is 0 Å². The lowest BCUT2D eigenvalue weighted by molar-refractivity contribution is -0.115. The fourth-order valence-electron chi connectivity index (χ4n) is 2.42. The lowest BCUT2D eigenvalue weighted by atomic mass is 10.3. The van der Waals surface area contributed by atoms with Crippen molar-refractivity contribution in [3.63, 3.8) is 0 Å². The number of nitrogens with one attached hydrogen (secondary N) is 2. The lowest BCUT2D eigenvalue weighted by Crippen LogP contribution is -2.37. The second-order valence-electron chi connectivity index (χ2n) is 5.38. The molecule has 8 heteroatoms. The SMILES string of the molecule is O=C(Cc1nc(N2CCOCC2)cc(=O)[nH]1)Nc1ccc(Cl)cc1. The van der Waals surface area contributed by atoms with Crippen molar-refractivity contribution in [1.82, 2.24) is 9.97 Å². The van der Waals surface area contributed by atoms with Crippen LogP contribution in [0.2, 0.25) is 5.02 Å². The van der Waals surface area contributed by atoms with E-state index in [1.165, 1.54) is 6.07 Å². The van der Waals surface area contributed by atoms with Gasteiger partial charge in [-0.25, -0.2) is 4.98 Å². The monoisotopic (exact) mass is 348 g/mol. The second-order valence-corrected chi connectivity index (χ2v) is 5.82. The first-order chi connectivity index (χ1) is 11.6. The summed E-state index contributed by atoms with van der Waals surface area (Å²) in [5, 5.41) is 3.34. The average molecular weight is 349 g/mol. The van der Waals surface area contributed by atoms with Gasteiger partial charge in [0.05, 0.1) is 19.6 Å². The summed E-state index contributed by atoms with van der Waals surface area (Å²) in [5.74, 6) is 0.631. The molecule has 0 atom stereocenters. The zero-order valence-electron chi connectivity index (χ0n) is 12.9. The third-order valence-corrected chi connectivity index (χ3v) is 3.82. The van der Waals surface area contributed by atoms with Gasteiger partial charge in [0.2, 0.25) is 5.91 Å². The van der Waals surface area contributed by atoms with Gasteiger partial charge >= 0.3 is 0 Å². The van der Waals surface area contributed by atoms with E-state index in [0.717, 1.165) is 0 Å². The van der Waals surface area contributed by atoms with Gasteiger partial charge in [-0.05, 0) is 24.3 Å². The number of morpholine rings is 1. The zero-order valence-corrected chi connectivity index (χ0v) is 13.7. The highest BCUT2D eigenvalue weighted by molar-refractivity contribution is 6.30. The van der Waals surface area contributed by atoms with Crippen LogP contribution in [-0.2, 0) is 16.0 Å². The summed E-state index contributed by atoms with van der Waals surface area (Å²) in [5.41, 5.74) is 0.358. The highest BCUT2D eigenvalue weighted by Gasteiger charge is 2.15. The van der Waals surface area contributed by atoms with Gasteiger partial charge in [-0.1, -0.05) is 11.6 Å². The Hall–Kier alpha value is -2.38. The molecular weight excluding hydrogens is 332 g/mol. The van der Waals surface area contributed by atoms with Crippen LogP contribution in [0.25, 0.3) is 0 Å². The normalized spacial score (nSPS) is 14.5. The van der Waals surface area contributed by atoms with Crippen LogP contribution in [0.15, 0.2) is 35.1 Å². The summed E-state index contributed by atoms with van der Waals surface area (Å²) in [6.45, 7) is 2.54. The molecule has 1 aromatic heterocycles. The Labute approximate surface area is 143 Å². The molecule has 0 unspecified atom stereocenters. The molecule has 1 aliphatic heterocycles. The number of halogens is 1. The molecule has 2 heterocycles. The van der Waals surface area contributed by atoms with E-state index >= 15 is 0 Å². The van der Waals surface area contributed by atoms with Crippen molar-refractivity contribution in [2.24, 2.45) is 0 Å². The van der Waals surface area contributed by atoms with Crippen molar-refractivity contribution < 1.29 is 9.53 Å². The number of aromatic amines is 1. The number of carbonyl (C=O) groups excluding carboxylic acids is 1. The van der Waals surface area contributed by atoms with Gasteiger partial charge in [0.1, 0.15) is 11.6 Å². The van der Waals surface area contributed by atoms with Gasteiger partial charge in [-0.15, -0.1) is 0 Å². The van der Waals surface area contributed by atoms with E-state index in [9.17, 15) is 9.59 Å². The van der Waals surface area contributed by atoms with Crippen LogP contribution < -0.4 is 15.8 Å². The Morgan fingerprint density at radius 1 is 1.29 bits per heavy atom. The Bertz CT molecular complexity index is 770. The summed E-state index contributed by atoms with van der Waals surface area (Å²) in [4.78, 5) is 32.9. The van der Waals surface area contributed by atoms with E-state index in [1.807, 2.05) is 4.90 Å². The Balaban J connectivity index is 1.69. The summed E-state index contributed by atoms with van der Waals surface area (Å²) in [6.07, 6.45) is -0.0178. The topological polar surface area (TPSA) is 87.3 Å². The summed E-state index contributed by atoms with van der Waals surface area (Å²) < 4.78 is 5.29. The van der Waals surface area contributed by atoms with Crippen LogP contribution in [0, 0.1) is 0 Å². The standard InChI is InChI=1S/C16H17ClN4O3/c17-11-1-3-12(4-2-11)18-15(22)9-13-19-14(10-16(23)20-13)21-5-7-24-8-6-21/h1-4,10H,5-9H2,(H,18,22)(H,19,20,23). The van der Waals surface area contributed by atoms with Crippen molar-refractivity contribution in [2.45, 2.75) is 6.42 Å². The predicted molar refractivity (Wildman–Crippen MR) is 91.7 cm³/mol. The minimum absolute atomic E-state index is 0.0178. The fourth-order valence-corrected chi connectivity index (χ4v) is 2.55. The highest BCUT2D eigenvalue weighted by Crippen LogP contribution is 2.14. The molecule has 2 N–H and O–H groups in total. The smallest absolute Gasteiger partial charge is 0.252 e. The molecule has 1 amide bonds. The molecule has 0 radical (unpaired) electrons. The average Bonchev–Trinajstić information content (AvgIpc) is 2.57. The number of hydrogen-bond acceptors (Lipinski definition) is 5. The first-order valence-electron chi connectivity index (χ1n) is 7.58. The number of anilines is 2. The third-order valence-electron chi connectivity index (χ3n) is 3.57. The summed E-state index contributed by atoms with van der Waals surface area (Å²) in [7, 11) is 0. The summed E-state index contributed by atoms with van der Waals surface area (Å²) in [6, 6.07) is 8.24. The number of H-pyrrole nitrogens is 1. The third kappa shape index (κ3) is 4.33. The Morgan fingerprint density at radius 3 is 2.71 bits per heavy atom. The van der Waals surface area contributed by atoms with Crippen LogP contribution in [-0.4, -0.2) is 42.2 Å². The van der Waals surface area contributed by atoms with E-state index in [-0.39, 0.29) is 17.9 Å². The number of benzene rings is 1. The lowest BCUT2D eigenvalue weighted by Gasteiger charge is -2.27. The number of aromatic nitrogens is 2. The molecule has 0 spiro atoms. The quantitative estimate of drug-likeness (QED) is 0.873. The molecule has 1 aliphatic rings. The Kier molecular flexibility index (Phi) is 5.12. The fraction of sp³-hybridized carbons (Fsp3) is 0.312. The molecule has 2 aromatic rings. The van der Waals surface area contributed by atoms with Gasteiger partial charge in [0, 0.05) is 29.9 Å². The number of ether oxygens (including phenoxy) is 1. The van der Waals surface area contributed by atoms with Crippen LogP contribution in [0.1, 0.15) is 5.82 Å². The molecule has 1 fully saturated rings. The second kappa shape index (κ2) is 7.46. The molecule has 0 aliphatic carbocycles. The van der Waals surface area contributed by atoms with Crippen molar-refractivity contribution in [3.8, 4) is 0 Å². The first kappa shape index (κ1) is 16.5. The van der Waals surface area contributed by atoms with E-state index in [1.54, 1.807) is 24.3 Å². The molecule has 24 heavy (non-hydrogen) atoms. The van der Waals surface area contributed by atoms with Crippen LogP contribution in [0.4, 0.5) is 11.5 Å². The number of carbonyl (C=O) groups is 1. The molecule has 1 aromatic carbocycles. The molecule has 126 valence electrons. The molecule has 0 saturated carbocycles. The van der Waals surface area contributed by atoms with Gasteiger partial charge in [0.25, 0.3) is 5.56 Å². The van der Waals surface area contributed by atoms with E-state index in [4.69, 9.17) is 16.3 Å². The molecular formula is C16H17ClN4O3. The minimum Gasteiger partial charge on any atom is -0.378 e. The molecule has 1 saturated heterocycles. The first-order valence-corrected chi connectivity index (χ1v) is 7.96. The van der Waals surface area contributed by atoms with Gasteiger partial charge in [0.15, 0.2) is 0 Å². The summed E-state index contributed by atoms with van der Waals surface area (Å²) >= 11 is 5.81. The van der Waals surface area contributed by atoms with Gasteiger partial charge < -0.3 is 19.9 Å². The van der Waals surface area contributed by atoms with Crippen molar-refractivity contribution in [3.05, 3.63) is 51.5 Å². The van der Waals surface area contributed by atoms with Crippen molar-refractivity contribution in [1.29, 1.82) is 0 Å². The maximum Gasteiger partial charge on any atom is 0.252 e. The molecule has 0 bridgehead atoms. The predicted octanol–water partition coefficient (Wildman–Crippen LogP) is 1.44. The number of rotatable bonds is 4. The van der Waals surface area contributed by atoms with Gasteiger partial charge in [-0.3, -0.25) is 9.59 Å². The molecule has 7 nitrogen and oxygen atoms in total. The largest absolute Gasteiger partial charge is 0.378 e. The molecule has 3 rings (SSSR count). The number of amides is 1. The van der Waals surface area contributed by atoms with Crippen LogP contribution in [0.3, 0.4) is 0 Å². The maximum absolute atomic E-state index is 12.1. The zero-order chi connectivity index (χ0) is 16.9. The van der Waals surface area contributed by atoms with Crippen molar-refractivity contribution >= 4 is 29.0 Å². The maximum atomic E-state index is 12.1. The van der Waals surface area contributed by atoms with E-state index in [0.29, 0.717) is 48.7 Å². The minimum atomic E-state index is -0.277. The Morgan fingerprint density at radius 2 is 2.00 bits per heavy atom. The van der Waals surface area contributed by atoms with Gasteiger partial charge in [-0.2, -0.15) is 0 Å².